The Bertz CT molecular complexity index is 510. The van der Waals surface area contributed by atoms with E-state index in [1.807, 2.05) is 0 Å². The highest BCUT2D eigenvalue weighted by molar-refractivity contribution is 5.56. The highest BCUT2D eigenvalue weighted by Crippen LogP contribution is 2.17. The van der Waals surface area contributed by atoms with Crippen molar-refractivity contribution < 1.29 is 8.78 Å². The molecule has 0 spiro atoms. The van der Waals surface area contributed by atoms with E-state index in [9.17, 15) is 8.78 Å². The lowest BCUT2D eigenvalue weighted by Gasteiger charge is -2.06. The number of benzene rings is 1. The van der Waals surface area contributed by atoms with Crippen molar-refractivity contribution >= 4 is 17.3 Å². The van der Waals surface area contributed by atoms with Gasteiger partial charge in [-0.1, -0.05) is 0 Å². The van der Waals surface area contributed by atoms with Crippen LogP contribution in [-0.4, -0.2) is 17.0 Å². The van der Waals surface area contributed by atoms with Crippen molar-refractivity contribution in [2.45, 2.75) is 0 Å². The molecule has 1 heterocycles. The van der Waals surface area contributed by atoms with E-state index in [1.54, 1.807) is 7.05 Å². The average Bonchev–Trinajstić information content (AvgIpc) is 2.28. The van der Waals surface area contributed by atoms with Crippen LogP contribution in [0.3, 0.4) is 0 Å². The summed E-state index contributed by atoms with van der Waals surface area (Å²) in [6.07, 6.45) is 3.00. The van der Waals surface area contributed by atoms with Crippen LogP contribution in [0, 0.1) is 11.6 Å². The molecule has 0 bridgehead atoms. The molecular formula is C11H10F2N4. The molecule has 0 aliphatic rings. The SMILES string of the molecule is CNc1cncc(Nc2cc(F)cc(F)c2)n1. The fraction of sp³-hybridized carbons (Fsp3) is 0.0909. The first kappa shape index (κ1) is 11.3. The monoisotopic (exact) mass is 236 g/mol. The Balaban J connectivity index is 2.24. The molecule has 0 aliphatic heterocycles. The second kappa shape index (κ2) is 4.73. The van der Waals surface area contributed by atoms with Gasteiger partial charge in [0.05, 0.1) is 12.4 Å². The van der Waals surface area contributed by atoms with Crippen molar-refractivity contribution in [2.75, 3.05) is 17.7 Å². The Hall–Kier alpha value is -2.24. The number of hydrogen-bond donors (Lipinski definition) is 2. The lowest BCUT2D eigenvalue weighted by atomic mass is 10.3. The number of halogens is 2. The third-order valence-corrected chi connectivity index (χ3v) is 2.03. The summed E-state index contributed by atoms with van der Waals surface area (Å²) < 4.78 is 25.9. The Kier molecular flexibility index (Phi) is 3.13. The Labute approximate surface area is 96.7 Å². The molecule has 2 aromatic rings. The highest BCUT2D eigenvalue weighted by atomic mass is 19.1. The number of anilines is 3. The number of aromatic nitrogens is 2. The van der Waals surface area contributed by atoms with E-state index < -0.39 is 11.6 Å². The largest absolute Gasteiger partial charge is 0.372 e. The second-order valence-corrected chi connectivity index (χ2v) is 3.32. The van der Waals surface area contributed by atoms with Gasteiger partial charge in [-0.15, -0.1) is 0 Å². The van der Waals surface area contributed by atoms with Crippen LogP contribution in [0.5, 0.6) is 0 Å². The van der Waals surface area contributed by atoms with E-state index >= 15 is 0 Å². The molecule has 6 heteroatoms. The molecule has 1 aromatic carbocycles. The van der Waals surface area contributed by atoms with Crippen LogP contribution in [-0.2, 0) is 0 Å². The molecule has 0 radical (unpaired) electrons. The summed E-state index contributed by atoms with van der Waals surface area (Å²) >= 11 is 0. The van der Waals surface area contributed by atoms with Crippen molar-refractivity contribution in [2.24, 2.45) is 0 Å². The molecule has 17 heavy (non-hydrogen) atoms. The third-order valence-electron chi connectivity index (χ3n) is 2.03. The first-order valence-corrected chi connectivity index (χ1v) is 4.90. The minimum atomic E-state index is -0.648. The summed E-state index contributed by atoms with van der Waals surface area (Å²) in [7, 11) is 1.70. The maximum absolute atomic E-state index is 12.9. The first-order valence-electron chi connectivity index (χ1n) is 4.90. The molecule has 2 N–H and O–H groups in total. The van der Waals surface area contributed by atoms with Crippen LogP contribution in [0.2, 0.25) is 0 Å². The summed E-state index contributed by atoms with van der Waals surface area (Å²) in [6, 6.07) is 3.16. The molecule has 88 valence electrons. The molecule has 0 aliphatic carbocycles. The van der Waals surface area contributed by atoms with Gasteiger partial charge < -0.3 is 10.6 Å². The van der Waals surface area contributed by atoms with E-state index in [2.05, 4.69) is 20.6 Å². The number of rotatable bonds is 3. The molecule has 4 nitrogen and oxygen atoms in total. The van der Waals surface area contributed by atoms with Crippen LogP contribution in [0.25, 0.3) is 0 Å². The first-order chi connectivity index (χ1) is 8.17. The number of nitrogens with zero attached hydrogens (tertiary/aromatic N) is 2. The van der Waals surface area contributed by atoms with Gasteiger partial charge in [-0.3, -0.25) is 4.98 Å². The van der Waals surface area contributed by atoms with E-state index in [4.69, 9.17) is 0 Å². The van der Waals surface area contributed by atoms with Gasteiger partial charge in [-0.2, -0.15) is 0 Å². The van der Waals surface area contributed by atoms with Gasteiger partial charge in [0, 0.05) is 18.8 Å². The maximum Gasteiger partial charge on any atom is 0.151 e. The fourth-order valence-corrected chi connectivity index (χ4v) is 1.32. The van der Waals surface area contributed by atoms with Crippen molar-refractivity contribution in [3.05, 3.63) is 42.2 Å². The zero-order valence-electron chi connectivity index (χ0n) is 9.04. The minimum Gasteiger partial charge on any atom is -0.372 e. The normalized spacial score (nSPS) is 10.1. The fourth-order valence-electron chi connectivity index (χ4n) is 1.32. The zero-order chi connectivity index (χ0) is 12.3. The smallest absolute Gasteiger partial charge is 0.151 e. The Morgan fingerprint density at radius 1 is 1.00 bits per heavy atom. The average molecular weight is 236 g/mol. The molecule has 0 saturated heterocycles. The predicted octanol–water partition coefficient (Wildman–Crippen LogP) is 2.54. The number of hydrogen-bond acceptors (Lipinski definition) is 4. The molecule has 1 aromatic heterocycles. The topological polar surface area (TPSA) is 49.8 Å². The van der Waals surface area contributed by atoms with Crippen molar-refractivity contribution in [3.8, 4) is 0 Å². The summed E-state index contributed by atoms with van der Waals surface area (Å²) in [4.78, 5) is 8.04. The van der Waals surface area contributed by atoms with Gasteiger partial charge in [0.15, 0.2) is 5.82 Å². The van der Waals surface area contributed by atoms with Gasteiger partial charge in [0.25, 0.3) is 0 Å². The quantitative estimate of drug-likeness (QED) is 0.859. The molecule has 0 fully saturated rings. The van der Waals surface area contributed by atoms with Crippen LogP contribution < -0.4 is 10.6 Å². The summed E-state index contributed by atoms with van der Waals surface area (Å²) in [5.74, 6) is -0.329. The zero-order valence-corrected chi connectivity index (χ0v) is 9.04. The number of nitrogens with one attached hydrogen (secondary N) is 2. The highest BCUT2D eigenvalue weighted by Gasteiger charge is 2.02. The molecule has 0 amide bonds. The van der Waals surface area contributed by atoms with E-state index in [0.717, 1.165) is 6.07 Å². The van der Waals surface area contributed by atoms with Crippen LogP contribution in [0.15, 0.2) is 30.6 Å². The molecule has 2 rings (SSSR count). The summed E-state index contributed by atoms with van der Waals surface area (Å²) in [5, 5.41) is 5.58. The lowest BCUT2D eigenvalue weighted by Crippen LogP contribution is -1.99. The van der Waals surface area contributed by atoms with E-state index in [0.29, 0.717) is 11.6 Å². The molecule has 0 atom stereocenters. The van der Waals surface area contributed by atoms with Gasteiger partial charge >= 0.3 is 0 Å². The molecule has 0 saturated carbocycles. The predicted molar refractivity (Wildman–Crippen MR) is 61.2 cm³/mol. The van der Waals surface area contributed by atoms with E-state index in [-0.39, 0.29) is 5.69 Å². The van der Waals surface area contributed by atoms with Crippen molar-refractivity contribution in [1.29, 1.82) is 0 Å². The third kappa shape index (κ3) is 2.87. The summed E-state index contributed by atoms with van der Waals surface area (Å²) in [6.45, 7) is 0. The van der Waals surface area contributed by atoms with Crippen LogP contribution >= 0.6 is 0 Å². The Morgan fingerprint density at radius 3 is 2.29 bits per heavy atom. The van der Waals surface area contributed by atoms with Crippen molar-refractivity contribution in [3.63, 3.8) is 0 Å². The lowest BCUT2D eigenvalue weighted by molar-refractivity contribution is 0.584. The minimum absolute atomic E-state index is 0.282. The summed E-state index contributed by atoms with van der Waals surface area (Å²) in [5.41, 5.74) is 0.282. The Morgan fingerprint density at radius 2 is 1.65 bits per heavy atom. The van der Waals surface area contributed by atoms with Crippen LogP contribution in [0.4, 0.5) is 26.1 Å². The second-order valence-electron chi connectivity index (χ2n) is 3.32. The van der Waals surface area contributed by atoms with Gasteiger partial charge in [-0.05, 0) is 12.1 Å². The van der Waals surface area contributed by atoms with Crippen molar-refractivity contribution in [1.82, 2.24) is 9.97 Å². The van der Waals surface area contributed by atoms with Gasteiger partial charge in [0.1, 0.15) is 17.5 Å². The van der Waals surface area contributed by atoms with Gasteiger partial charge in [0.2, 0.25) is 0 Å². The maximum atomic E-state index is 12.9. The molecular weight excluding hydrogens is 226 g/mol. The molecule has 0 unspecified atom stereocenters. The van der Waals surface area contributed by atoms with Crippen LogP contribution in [0.1, 0.15) is 0 Å². The van der Waals surface area contributed by atoms with E-state index in [1.165, 1.54) is 24.5 Å². The standard InChI is InChI=1S/C11H10F2N4/c1-14-10-5-15-6-11(17-10)16-9-3-7(12)2-8(13)4-9/h2-6H,1H3,(H2,14,16,17). The van der Waals surface area contributed by atoms with Gasteiger partial charge in [-0.25, -0.2) is 13.8 Å².